The molecule has 0 bridgehead atoms. The van der Waals surface area contributed by atoms with Crippen LogP contribution >= 0.6 is 27.7 Å². The molecule has 0 unspecified atom stereocenters. The van der Waals surface area contributed by atoms with Crippen molar-refractivity contribution in [2.75, 3.05) is 13.2 Å². The first-order valence-corrected chi connectivity index (χ1v) is 10.4. The van der Waals surface area contributed by atoms with Crippen LogP contribution in [0.25, 0.3) is 16.7 Å². The molecule has 1 aliphatic heterocycles. The fourth-order valence-electron chi connectivity index (χ4n) is 3.26. The van der Waals surface area contributed by atoms with Crippen LogP contribution < -0.4 is 15.0 Å². The highest BCUT2D eigenvalue weighted by Crippen LogP contribution is 2.37. The Balaban J connectivity index is 1.56. The summed E-state index contributed by atoms with van der Waals surface area (Å²) in [5.74, 6) is 2.69. The average Bonchev–Trinajstić information content (AvgIpc) is 3.15. The molecule has 2 aromatic carbocycles. The van der Waals surface area contributed by atoms with Gasteiger partial charge < -0.3 is 9.47 Å². The monoisotopic (exact) mass is 458 g/mol. The fourth-order valence-corrected chi connectivity index (χ4v) is 4.84. The van der Waals surface area contributed by atoms with Gasteiger partial charge in [-0.1, -0.05) is 39.8 Å². The summed E-state index contributed by atoms with van der Waals surface area (Å²) in [6, 6.07) is 11.4. The third-order valence-corrected chi connectivity index (χ3v) is 6.38. The fraction of sp³-hybridized carbons (Fsp3) is 0.211. The van der Waals surface area contributed by atoms with Gasteiger partial charge in [-0.05, 0) is 29.8 Å². The van der Waals surface area contributed by atoms with E-state index in [1.807, 2.05) is 40.8 Å². The van der Waals surface area contributed by atoms with Gasteiger partial charge in [-0.15, -0.1) is 10.2 Å². The third-order valence-electron chi connectivity index (χ3n) is 4.66. The van der Waals surface area contributed by atoms with E-state index in [-0.39, 0.29) is 5.56 Å². The quantitative estimate of drug-likeness (QED) is 0.438. The number of thioether (sulfide) groups is 1. The Morgan fingerprint density at radius 1 is 1.14 bits per heavy atom. The lowest BCUT2D eigenvalue weighted by Crippen LogP contribution is -2.20. The molecule has 142 valence electrons. The molecule has 4 aromatic rings. The molecule has 3 heterocycles. The van der Waals surface area contributed by atoms with Gasteiger partial charge in [0.2, 0.25) is 5.78 Å². The van der Waals surface area contributed by atoms with Gasteiger partial charge in [0.25, 0.3) is 5.56 Å². The second-order valence-corrected chi connectivity index (χ2v) is 8.17. The van der Waals surface area contributed by atoms with Crippen molar-refractivity contribution in [3.05, 3.63) is 56.8 Å². The van der Waals surface area contributed by atoms with E-state index < -0.39 is 0 Å². The molecule has 2 aromatic heterocycles. The first-order chi connectivity index (χ1) is 13.6. The lowest BCUT2D eigenvalue weighted by atomic mass is 10.2. The summed E-state index contributed by atoms with van der Waals surface area (Å²) in [5, 5.41) is 9.92. The zero-order chi connectivity index (χ0) is 19.3. The number of rotatable bonds is 3. The van der Waals surface area contributed by atoms with Gasteiger partial charge in [0, 0.05) is 17.3 Å². The van der Waals surface area contributed by atoms with Crippen molar-refractivity contribution in [1.82, 2.24) is 19.2 Å². The van der Waals surface area contributed by atoms with Gasteiger partial charge in [0.1, 0.15) is 13.2 Å². The van der Waals surface area contributed by atoms with Gasteiger partial charge in [-0.25, -0.2) is 0 Å². The zero-order valence-electron chi connectivity index (χ0n) is 14.9. The Morgan fingerprint density at radius 2 is 1.89 bits per heavy atom. The van der Waals surface area contributed by atoms with Crippen LogP contribution in [0.3, 0.4) is 0 Å². The molecule has 0 atom stereocenters. The number of nitrogens with zero attached hydrogens (tertiary/aromatic N) is 4. The number of fused-ring (bicyclic) bond motifs is 4. The van der Waals surface area contributed by atoms with E-state index in [0.29, 0.717) is 30.1 Å². The highest BCUT2D eigenvalue weighted by molar-refractivity contribution is 9.10. The SMILES string of the molecule is Cn1c(=O)c2ccccc2n2c(SCc3cc4c(cc3Br)OCCO4)nnc12. The predicted octanol–water partition coefficient (Wildman–Crippen LogP) is 3.41. The molecule has 1 aliphatic rings. The topological polar surface area (TPSA) is 70.7 Å². The van der Waals surface area contributed by atoms with E-state index in [2.05, 4.69) is 26.1 Å². The second-order valence-electron chi connectivity index (χ2n) is 6.38. The highest BCUT2D eigenvalue weighted by atomic mass is 79.9. The molecule has 0 saturated carbocycles. The van der Waals surface area contributed by atoms with Gasteiger partial charge >= 0.3 is 0 Å². The molecule has 0 fully saturated rings. The molecular formula is C19H15BrN4O3S. The molecule has 0 N–H and O–H groups in total. The third kappa shape index (κ3) is 2.77. The number of ether oxygens (including phenoxy) is 2. The Labute approximate surface area is 172 Å². The van der Waals surface area contributed by atoms with Gasteiger partial charge in [-0.3, -0.25) is 13.8 Å². The van der Waals surface area contributed by atoms with Crippen molar-refractivity contribution in [3.8, 4) is 11.5 Å². The maximum atomic E-state index is 12.6. The summed E-state index contributed by atoms with van der Waals surface area (Å²) in [5.41, 5.74) is 1.79. The van der Waals surface area contributed by atoms with E-state index >= 15 is 0 Å². The summed E-state index contributed by atoms with van der Waals surface area (Å²) in [4.78, 5) is 12.6. The smallest absolute Gasteiger partial charge is 0.262 e. The molecule has 0 amide bonds. The standard InChI is InChI=1S/C19H15BrN4O3S/c1-23-17(25)12-4-2-3-5-14(12)24-18(23)21-22-19(24)28-10-11-8-15-16(9-13(11)20)27-7-6-26-15/h2-5,8-9H,6-7,10H2,1H3. The molecule has 28 heavy (non-hydrogen) atoms. The Morgan fingerprint density at radius 3 is 2.71 bits per heavy atom. The van der Waals surface area contributed by atoms with Gasteiger partial charge in [0.05, 0.1) is 10.9 Å². The number of aryl methyl sites for hydroxylation is 1. The van der Waals surface area contributed by atoms with Crippen LogP contribution in [0.2, 0.25) is 0 Å². The van der Waals surface area contributed by atoms with E-state index in [1.54, 1.807) is 18.8 Å². The lowest BCUT2D eigenvalue weighted by molar-refractivity contribution is 0.171. The maximum Gasteiger partial charge on any atom is 0.262 e. The van der Waals surface area contributed by atoms with Crippen LogP contribution in [-0.2, 0) is 12.8 Å². The minimum Gasteiger partial charge on any atom is -0.486 e. The number of hydrogen-bond donors (Lipinski definition) is 0. The minimum absolute atomic E-state index is 0.0818. The summed E-state index contributed by atoms with van der Waals surface area (Å²) < 4.78 is 15.7. The molecule has 0 aliphatic carbocycles. The Hall–Kier alpha value is -2.52. The van der Waals surface area contributed by atoms with Crippen LogP contribution in [0.15, 0.2) is 50.8 Å². The van der Waals surface area contributed by atoms with E-state index in [9.17, 15) is 4.79 Å². The molecule has 0 spiro atoms. The first-order valence-electron chi connectivity index (χ1n) is 8.67. The Bertz CT molecular complexity index is 1280. The number of hydrogen-bond acceptors (Lipinski definition) is 6. The van der Waals surface area contributed by atoms with Crippen molar-refractivity contribution in [3.63, 3.8) is 0 Å². The molecular weight excluding hydrogens is 444 g/mol. The van der Waals surface area contributed by atoms with Crippen LogP contribution in [0.5, 0.6) is 11.5 Å². The summed E-state index contributed by atoms with van der Waals surface area (Å²) in [7, 11) is 1.71. The average molecular weight is 459 g/mol. The molecule has 7 nitrogen and oxygen atoms in total. The Kier molecular flexibility index (Phi) is 4.28. The number of halogens is 1. The predicted molar refractivity (Wildman–Crippen MR) is 110 cm³/mol. The lowest BCUT2D eigenvalue weighted by Gasteiger charge is -2.19. The first kappa shape index (κ1) is 17.6. The summed E-state index contributed by atoms with van der Waals surface area (Å²) in [6.07, 6.45) is 0. The van der Waals surface area contributed by atoms with Crippen LogP contribution in [0.1, 0.15) is 5.56 Å². The number of aromatic nitrogens is 4. The van der Waals surface area contributed by atoms with Crippen LogP contribution in [-0.4, -0.2) is 32.4 Å². The van der Waals surface area contributed by atoms with E-state index in [0.717, 1.165) is 32.2 Å². The van der Waals surface area contributed by atoms with Gasteiger partial charge in [-0.2, -0.15) is 0 Å². The second kappa shape index (κ2) is 6.82. The van der Waals surface area contributed by atoms with Crippen molar-refractivity contribution in [1.29, 1.82) is 0 Å². The van der Waals surface area contributed by atoms with Crippen molar-refractivity contribution in [2.45, 2.75) is 10.9 Å². The van der Waals surface area contributed by atoms with E-state index in [1.165, 1.54) is 4.57 Å². The molecule has 0 radical (unpaired) electrons. The summed E-state index contributed by atoms with van der Waals surface area (Å²) >= 11 is 5.16. The maximum absolute atomic E-state index is 12.6. The summed E-state index contributed by atoms with van der Waals surface area (Å²) in [6.45, 7) is 1.11. The largest absolute Gasteiger partial charge is 0.486 e. The van der Waals surface area contributed by atoms with Crippen molar-refractivity contribution < 1.29 is 9.47 Å². The molecule has 0 saturated heterocycles. The number of benzene rings is 2. The van der Waals surface area contributed by atoms with E-state index in [4.69, 9.17) is 9.47 Å². The van der Waals surface area contributed by atoms with Crippen molar-refractivity contribution in [2.24, 2.45) is 7.05 Å². The molecule has 5 rings (SSSR count). The normalized spacial score (nSPS) is 13.4. The number of para-hydroxylation sites is 1. The zero-order valence-corrected chi connectivity index (χ0v) is 17.3. The highest BCUT2D eigenvalue weighted by Gasteiger charge is 2.18. The molecule has 9 heteroatoms. The minimum atomic E-state index is -0.0818. The van der Waals surface area contributed by atoms with Gasteiger partial charge in [0.15, 0.2) is 16.7 Å². The van der Waals surface area contributed by atoms with Crippen molar-refractivity contribution >= 4 is 44.4 Å². The van der Waals surface area contributed by atoms with Crippen LogP contribution in [0, 0.1) is 0 Å². The van der Waals surface area contributed by atoms with Crippen LogP contribution in [0.4, 0.5) is 0 Å².